The number of anilines is 1. The third-order valence-corrected chi connectivity index (χ3v) is 3.72. The Balaban J connectivity index is 1.58. The van der Waals surface area contributed by atoms with Gasteiger partial charge < -0.3 is 15.2 Å². The number of nitrogens with one attached hydrogen (secondary N) is 1. The molecule has 3 aliphatic rings. The summed E-state index contributed by atoms with van der Waals surface area (Å²) in [5.74, 6) is 0.345. The third-order valence-electron chi connectivity index (χ3n) is 3.72. The van der Waals surface area contributed by atoms with E-state index in [1.165, 1.54) is 18.8 Å². The van der Waals surface area contributed by atoms with Crippen molar-refractivity contribution in [2.75, 3.05) is 18.5 Å². The van der Waals surface area contributed by atoms with Gasteiger partial charge >= 0.3 is 5.97 Å². The van der Waals surface area contributed by atoms with Crippen LogP contribution >= 0.6 is 0 Å². The van der Waals surface area contributed by atoms with Gasteiger partial charge in [0, 0.05) is 13.2 Å². The molecule has 2 saturated heterocycles. The number of hydrogen-bond acceptors (Lipinski definition) is 5. The van der Waals surface area contributed by atoms with E-state index in [1.807, 2.05) is 0 Å². The van der Waals surface area contributed by atoms with Gasteiger partial charge in [0.15, 0.2) is 5.69 Å². The molecular weight excluding hydrogens is 234 g/mol. The lowest BCUT2D eigenvalue weighted by atomic mass is 9.67. The fourth-order valence-electron chi connectivity index (χ4n) is 2.73. The number of aromatic nitrogens is 2. The monoisotopic (exact) mass is 249 g/mol. The number of nitrogens with zero attached hydrogens (tertiary/aromatic N) is 2. The summed E-state index contributed by atoms with van der Waals surface area (Å²) >= 11 is 0. The van der Waals surface area contributed by atoms with Crippen molar-refractivity contribution in [3.63, 3.8) is 0 Å². The van der Waals surface area contributed by atoms with Crippen LogP contribution in [-0.4, -0.2) is 39.8 Å². The van der Waals surface area contributed by atoms with Crippen molar-refractivity contribution in [1.29, 1.82) is 0 Å². The fraction of sp³-hybridized carbons (Fsp3) is 0.583. The molecule has 0 radical (unpaired) electrons. The molecule has 2 N–H and O–H groups in total. The first-order valence-corrected chi connectivity index (χ1v) is 6.10. The predicted octanol–water partition coefficient (Wildman–Crippen LogP) is 1.16. The minimum Gasteiger partial charge on any atom is -0.476 e. The lowest BCUT2D eigenvalue weighted by molar-refractivity contribution is -0.168. The molecular formula is C12H15N3O3. The van der Waals surface area contributed by atoms with Gasteiger partial charge in [0.2, 0.25) is 0 Å². The Morgan fingerprint density at radius 2 is 2.33 bits per heavy atom. The molecule has 2 aliphatic heterocycles. The highest BCUT2D eigenvalue weighted by molar-refractivity contribution is 5.84. The summed E-state index contributed by atoms with van der Waals surface area (Å²) in [6, 6.07) is 0. The van der Waals surface area contributed by atoms with E-state index in [1.54, 1.807) is 0 Å². The number of fused-ring (bicyclic) bond motifs is 2. The summed E-state index contributed by atoms with van der Waals surface area (Å²) in [5.41, 5.74) is -0.0767. The topological polar surface area (TPSA) is 84.3 Å². The molecule has 0 unspecified atom stereocenters. The molecule has 2 bridgehead atoms. The quantitative estimate of drug-likeness (QED) is 0.832. The number of aromatic carboxylic acids is 1. The maximum atomic E-state index is 10.6. The van der Waals surface area contributed by atoms with Crippen molar-refractivity contribution in [3.05, 3.63) is 18.1 Å². The highest BCUT2D eigenvalue weighted by atomic mass is 16.5. The average Bonchev–Trinajstić information content (AvgIpc) is 2.37. The second-order valence-corrected chi connectivity index (χ2v) is 5.04. The van der Waals surface area contributed by atoms with E-state index < -0.39 is 5.97 Å². The Morgan fingerprint density at radius 1 is 1.50 bits per heavy atom. The Labute approximate surface area is 104 Å². The number of carboxylic acids is 1. The van der Waals surface area contributed by atoms with Crippen molar-refractivity contribution >= 4 is 11.8 Å². The zero-order valence-electron chi connectivity index (χ0n) is 9.93. The van der Waals surface area contributed by atoms with Crippen LogP contribution in [0.2, 0.25) is 0 Å². The SMILES string of the molecule is O=C(O)c1cnc(NCC23CC(CCO2)C3)cn1. The van der Waals surface area contributed by atoms with E-state index in [-0.39, 0.29) is 11.3 Å². The van der Waals surface area contributed by atoms with Gasteiger partial charge in [0.1, 0.15) is 5.82 Å². The van der Waals surface area contributed by atoms with E-state index in [4.69, 9.17) is 9.84 Å². The van der Waals surface area contributed by atoms with Gasteiger partial charge in [-0.25, -0.2) is 14.8 Å². The Bertz CT molecular complexity index is 449. The lowest BCUT2D eigenvalue weighted by Crippen LogP contribution is -2.55. The number of carboxylic acid groups (broad SMARTS) is 1. The standard InChI is InChI=1S/C12H15N3O3/c16-11(17)9-5-14-10(6-13-9)15-7-12-3-8(4-12)1-2-18-12/h5-6,8H,1-4,7H2,(H,14,15)(H,16,17). The molecule has 6 heteroatoms. The van der Waals surface area contributed by atoms with Gasteiger partial charge in [-0.1, -0.05) is 0 Å². The number of rotatable bonds is 4. The Hall–Kier alpha value is -1.69. The molecule has 1 aromatic rings. The molecule has 1 saturated carbocycles. The van der Waals surface area contributed by atoms with Crippen LogP contribution in [0.3, 0.4) is 0 Å². The predicted molar refractivity (Wildman–Crippen MR) is 63.5 cm³/mol. The van der Waals surface area contributed by atoms with Crippen molar-refractivity contribution in [1.82, 2.24) is 9.97 Å². The summed E-state index contributed by atoms with van der Waals surface area (Å²) in [4.78, 5) is 18.5. The zero-order chi connectivity index (χ0) is 12.6. The summed E-state index contributed by atoms with van der Waals surface area (Å²) in [5, 5.41) is 11.9. The number of carbonyl (C=O) groups is 1. The van der Waals surface area contributed by atoms with Crippen LogP contribution < -0.4 is 5.32 Å². The van der Waals surface area contributed by atoms with Gasteiger partial charge in [-0.05, 0) is 25.2 Å². The van der Waals surface area contributed by atoms with Crippen molar-refractivity contribution in [3.8, 4) is 0 Å². The van der Waals surface area contributed by atoms with Crippen LogP contribution in [0.15, 0.2) is 12.4 Å². The smallest absolute Gasteiger partial charge is 0.356 e. The normalized spacial score (nSPS) is 29.4. The minimum atomic E-state index is -1.06. The van der Waals surface area contributed by atoms with E-state index >= 15 is 0 Å². The van der Waals surface area contributed by atoms with E-state index in [0.29, 0.717) is 12.4 Å². The Kier molecular flexibility index (Phi) is 2.66. The maximum Gasteiger partial charge on any atom is 0.356 e. The first-order chi connectivity index (χ1) is 8.67. The average molecular weight is 249 g/mol. The molecule has 6 nitrogen and oxygen atoms in total. The molecule has 0 amide bonds. The third kappa shape index (κ3) is 2.03. The largest absolute Gasteiger partial charge is 0.476 e. The molecule has 1 aliphatic carbocycles. The molecule has 0 spiro atoms. The first kappa shape index (κ1) is 11.4. The van der Waals surface area contributed by atoms with Crippen LogP contribution in [-0.2, 0) is 4.74 Å². The Morgan fingerprint density at radius 3 is 2.89 bits per heavy atom. The lowest BCUT2D eigenvalue weighted by Gasteiger charge is -2.52. The zero-order valence-corrected chi connectivity index (χ0v) is 9.93. The number of ether oxygens (including phenoxy) is 1. The van der Waals surface area contributed by atoms with Gasteiger partial charge in [-0.15, -0.1) is 0 Å². The highest BCUT2D eigenvalue weighted by Crippen LogP contribution is 2.46. The van der Waals surface area contributed by atoms with Crippen molar-refractivity contribution in [2.24, 2.45) is 5.92 Å². The van der Waals surface area contributed by atoms with Gasteiger partial charge in [0.05, 0.1) is 18.0 Å². The van der Waals surface area contributed by atoms with E-state index in [0.717, 1.165) is 25.4 Å². The molecule has 3 heterocycles. The van der Waals surface area contributed by atoms with Crippen LogP contribution in [0.5, 0.6) is 0 Å². The second kappa shape index (κ2) is 4.20. The highest BCUT2D eigenvalue weighted by Gasteiger charge is 2.48. The van der Waals surface area contributed by atoms with Crippen LogP contribution in [0.25, 0.3) is 0 Å². The second-order valence-electron chi connectivity index (χ2n) is 5.04. The van der Waals surface area contributed by atoms with E-state index in [2.05, 4.69) is 15.3 Å². The van der Waals surface area contributed by atoms with Crippen LogP contribution in [0.1, 0.15) is 29.8 Å². The molecule has 1 aromatic heterocycles. The summed E-state index contributed by atoms with van der Waals surface area (Å²) in [6.07, 6.45) is 6.10. The summed E-state index contributed by atoms with van der Waals surface area (Å²) in [6.45, 7) is 1.56. The summed E-state index contributed by atoms with van der Waals surface area (Å²) in [7, 11) is 0. The van der Waals surface area contributed by atoms with Gasteiger partial charge in [0.25, 0.3) is 0 Å². The van der Waals surface area contributed by atoms with Crippen LogP contribution in [0.4, 0.5) is 5.82 Å². The first-order valence-electron chi connectivity index (χ1n) is 6.10. The van der Waals surface area contributed by atoms with Crippen LogP contribution in [0, 0.1) is 5.92 Å². The van der Waals surface area contributed by atoms with Crippen molar-refractivity contribution in [2.45, 2.75) is 24.9 Å². The molecule has 18 heavy (non-hydrogen) atoms. The molecule has 0 aromatic carbocycles. The molecule has 3 fully saturated rings. The van der Waals surface area contributed by atoms with Crippen molar-refractivity contribution < 1.29 is 14.6 Å². The summed E-state index contributed by atoms with van der Waals surface area (Å²) < 4.78 is 5.81. The van der Waals surface area contributed by atoms with E-state index in [9.17, 15) is 4.79 Å². The van der Waals surface area contributed by atoms with Gasteiger partial charge in [-0.2, -0.15) is 0 Å². The minimum absolute atomic E-state index is 0.0317. The molecule has 96 valence electrons. The van der Waals surface area contributed by atoms with Gasteiger partial charge in [-0.3, -0.25) is 0 Å². The number of hydrogen-bond donors (Lipinski definition) is 2. The fourth-order valence-corrected chi connectivity index (χ4v) is 2.73. The molecule has 0 atom stereocenters. The molecule has 4 rings (SSSR count). The maximum absolute atomic E-state index is 10.6.